The van der Waals surface area contributed by atoms with E-state index in [4.69, 9.17) is 4.74 Å². The number of rotatable bonds is 7. The van der Waals surface area contributed by atoms with Gasteiger partial charge in [-0.2, -0.15) is 5.26 Å². The molecule has 1 amide bonds. The molecule has 0 radical (unpaired) electrons. The molecule has 0 spiro atoms. The van der Waals surface area contributed by atoms with Gasteiger partial charge in [-0.1, -0.05) is 17.2 Å². The fraction of sp³-hybridized carbons (Fsp3) is 0.474. The summed E-state index contributed by atoms with van der Waals surface area (Å²) in [5, 5.41) is 9.39. The maximum absolute atomic E-state index is 12.7. The Hall–Kier alpha value is -2.52. The van der Waals surface area contributed by atoms with Crippen LogP contribution in [0.2, 0.25) is 0 Å². The van der Waals surface area contributed by atoms with Gasteiger partial charge in [0.05, 0.1) is 12.7 Å². The third-order valence-electron chi connectivity index (χ3n) is 4.36. The summed E-state index contributed by atoms with van der Waals surface area (Å²) in [7, 11) is 1.54. The first-order chi connectivity index (χ1) is 11.9. The minimum Gasteiger partial charge on any atom is -0.383 e. The van der Waals surface area contributed by atoms with Crippen molar-refractivity contribution in [1.82, 2.24) is 4.90 Å². The van der Waals surface area contributed by atoms with E-state index in [0.29, 0.717) is 18.7 Å². The van der Waals surface area contributed by atoms with Gasteiger partial charge in [-0.05, 0) is 26.0 Å². The van der Waals surface area contributed by atoms with E-state index in [1.54, 1.807) is 17.0 Å². The van der Waals surface area contributed by atoms with E-state index in [1.165, 1.54) is 7.11 Å². The second-order valence-electron chi connectivity index (χ2n) is 6.44. The Morgan fingerprint density at radius 1 is 1.32 bits per heavy atom. The summed E-state index contributed by atoms with van der Waals surface area (Å²) < 4.78 is 4.95. The average Bonchev–Trinajstić information content (AvgIpc) is 2.93. The van der Waals surface area contributed by atoms with Crippen LogP contribution in [0.1, 0.15) is 27.9 Å². The smallest absolute Gasteiger partial charge is 0.223 e. The molecule has 0 N–H and O–H groups in total. The normalized spacial score (nSPS) is 18.1. The molecule has 2 atom stereocenters. The lowest BCUT2D eigenvalue weighted by atomic mass is 9.86. The number of amides is 1. The zero-order valence-electron chi connectivity index (χ0n) is 14.7. The number of nitrogens with zero attached hydrogens (tertiary/aromatic N) is 2. The molecule has 132 valence electrons. The predicted octanol–water partition coefficient (Wildman–Crippen LogP) is 1.69. The monoisotopic (exact) mass is 342 g/mol. The topological polar surface area (TPSA) is 87.5 Å². The lowest BCUT2D eigenvalue weighted by Gasteiger charge is -2.16. The first-order valence-corrected chi connectivity index (χ1v) is 8.20. The Kier molecular flexibility index (Phi) is 6.05. The molecular formula is C19H22N2O4. The molecule has 0 saturated carbocycles. The molecule has 0 unspecified atom stereocenters. The molecule has 6 nitrogen and oxygen atoms in total. The van der Waals surface area contributed by atoms with Crippen LogP contribution in [-0.2, 0) is 14.3 Å². The number of hydrogen-bond acceptors (Lipinski definition) is 5. The number of ketones is 2. The minimum absolute atomic E-state index is 0.0425. The van der Waals surface area contributed by atoms with Crippen LogP contribution in [0.15, 0.2) is 18.2 Å². The standard InChI is InChI=1S/C19H22N2O4/c1-12-6-13(2)8-14(7-12)18(23)16(10-20)19(24)15-9-17(22)21(11-15)4-5-25-3/h6-8,15-16H,4-5,9,11H2,1-3H3/t15-,16+/m0/s1. The second kappa shape index (κ2) is 8.04. The summed E-state index contributed by atoms with van der Waals surface area (Å²) in [6, 6.07) is 7.11. The van der Waals surface area contributed by atoms with Gasteiger partial charge in [-0.15, -0.1) is 0 Å². The first-order valence-electron chi connectivity index (χ1n) is 8.20. The molecule has 1 aliphatic rings. The summed E-state index contributed by atoms with van der Waals surface area (Å²) in [5.41, 5.74) is 2.15. The van der Waals surface area contributed by atoms with Crippen molar-refractivity contribution in [1.29, 1.82) is 5.26 Å². The molecule has 0 aromatic heterocycles. The number of benzene rings is 1. The Labute approximate surface area is 147 Å². The van der Waals surface area contributed by atoms with Crippen molar-refractivity contribution in [3.63, 3.8) is 0 Å². The lowest BCUT2D eigenvalue weighted by molar-refractivity contribution is -0.129. The van der Waals surface area contributed by atoms with Crippen LogP contribution in [0.25, 0.3) is 0 Å². The number of methoxy groups -OCH3 is 1. The van der Waals surface area contributed by atoms with Crippen molar-refractivity contribution in [2.45, 2.75) is 20.3 Å². The maximum Gasteiger partial charge on any atom is 0.223 e. The van der Waals surface area contributed by atoms with E-state index in [1.807, 2.05) is 26.0 Å². The molecule has 1 fully saturated rings. The number of hydrogen-bond donors (Lipinski definition) is 0. The lowest BCUT2D eigenvalue weighted by Crippen LogP contribution is -2.32. The predicted molar refractivity (Wildman–Crippen MR) is 90.9 cm³/mol. The minimum atomic E-state index is -1.37. The van der Waals surface area contributed by atoms with Crippen LogP contribution in [0, 0.1) is 37.0 Å². The highest BCUT2D eigenvalue weighted by Crippen LogP contribution is 2.24. The summed E-state index contributed by atoms with van der Waals surface area (Å²) in [6.07, 6.45) is 0.0425. The highest BCUT2D eigenvalue weighted by atomic mass is 16.5. The second-order valence-corrected chi connectivity index (χ2v) is 6.44. The van der Waals surface area contributed by atoms with E-state index in [0.717, 1.165) is 11.1 Å². The Morgan fingerprint density at radius 2 is 1.96 bits per heavy atom. The summed E-state index contributed by atoms with van der Waals surface area (Å²) in [4.78, 5) is 38.9. The molecule has 1 aromatic rings. The molecule has 0 aliphatic carbocycles. The molecule has 25 heavy (non-hydrogen) atoms. The number of Topliss-reactive ketones (excluding diaryl/α,β-unsaturated/α-hetero) is 2. The number of nitriles is 1. The molecule has 6 heteroatoms. The fourth-order valence-electron chi connectivity index (χ4n) is 3.15. The van der Waals surface area contributed by atoms with Gasteiger partial charge in [-0.25, -0.2) is 0 Å². The van der Waals surface area contributed by atoms with Crippen LogP contribution < -0.4 is 0 Å². The number of likely N-dealkylation sites (tertiary alicyclic amines) is 1. The summed E-state index contributed by atoms with van der Waals surface area (Å²) in [5.74, 6) is -3.11. The average molecular weight is 342 g/mol. The van der Waals surface area contributed by atoms with Gasteiger partial charge >= 0.3 is 0 Å². The van der Waals surface area contributed by atoms with E-state index in [9.17, 15) is 19.6 Å². The van der Waals surface area contributed by atoms with Crippen LogP contribution in [-0.4, -0.2) is 49.2 Å². The molecule has 1 aliphatic heterocycles. The Morgan fingerprint density at radius 3 is 2.52 bits per heavy atom. The summed E-state index contributed by atoms with van der Waals surface area (Å²) in [6.45, 7) is 4.74. The van der Waals surface area contributed by atoms with Crippen molar-refractivity contribution >= 4 is 17.5 Å². The largest absolute Gasteiger partial charge is 0.383 e. The van der Waals surface area contributed by atoms with Gasteiger partial charge in [-0.3, -0.25) is 14.4 Å². The van der Waals surface area contributed by atoms with Gasteiger partial charge in [0.2, 0.25) is 5.91 Å². The zero-order chi connectivity index (χ0) is 18.6. The van der Waals surface area contributed by atoms with Gasteiger partial charge in [0, 0.05) is 38.1 Å². The van der Waals surface area contributed by atoms with Gasteiger partial charge in [0.15, 0.2) is 17.5 Å². The Bertz CT molecular complexity index is 715. The highest BCUT2D eigenvalue weighted by molar-refractivity contribution is 6.14. The van der Waals surface area contributed by atoms with Gasteiger partial charge < -0.3 is 9.64 Å². The highest BCUT2D eigenvalue weighted by Gasteiger charge is 2.39. The van der Waals surface area contributed by atoms with Crippen LogP contribution in [0.4, 0.5) is 0 Å². The molecule has 1 saturated heterocycles. The number of aryl methyl sites for hydroxylation is 2. The molecule has 2 rings (SSSR count). The van der Waals surface area contributed by atoms with Crippen molar-refractivity contribution in [3.05, 3.63) is 34.9 Å². The fourth-order valence-corrected chi connectivity index (χ4v) is 3.15. The first kappa shape index (κ1) is 18.8. The SMILES string of the molecule is COCCN1C[C@@H](C(=O)[C@H](C#N)C(=O)c2cc(C)cc(C)c2)CC1=O. The third-order valence-corrected chi connectivity index (χ3v) is 4.36. The van der Waals surface area contributed by atoms with Crippen LogP contribution in [0.5, 0.6) is 0 Å². The van der Waals surface area contributed by atoms with Gasteiger partial charge in [0.1, 0.15) is 0 Å². The van der Waals surface area contributed by atoms with Gasteiger partial charge in [0.25, 0.3) is 0 Å². The van der Waals surface area contributed by atoms with E-state index in [2.05, 4.69) is 0 Å². The van der Waals surface area contributed by atoms with Crippen LogP contribution >= 0.6 is 0 Å². The molecule has 1 heterocycles. The quantitative estimate of drug-likeness (QED) is 0.556. The van der Waals surface area contributed by atoms with E-state index in [-0.39, 0.29) is 18.9 Å². The van der Waals surface area contributed by atoms with Crippen LogP contribution in [0.3, 0.4) is 0 Å². The zero-order valence-corrected chi connectivity index (χ0v) is 14.7. The Balaban J connectivity index is 2.15. The van der Waals surface area contributed by atoms with E-state index >= 15 is 0 Å². The summed E-state index contributed by atoms with van der Waals surface area (Å²) >= 11 is 0. The number of carbonyl (C=O) groups excluding carboxylic acids is 3. The molecular weight excluding hydrogens is 320 g/mol. The molecule has 0 bridgehead atoms. The third kappa shape index (κ3) is 4.31. The number of carbonyl (C=O) groups is 3. The van der Waals surface area contributed by atoms with E-state index < -0.39 is 23.4 Å². The van der Waals surface area contributed by atoms with Crippen molar-refractivity contribution in [2.24, 2.45) is 11.8 Å². The van der Waals surface area contributed by atoms with Crippen molar-refractivity contribution < 1.29 is 19.1 Å². The molecule has 1 aromatic carbocycles. The van der Waals surface area contributed by atoms with Crippen molar-refractivity contribution in [2.75, 3.05) is 26.8 Å². The number of ether oxygens (including phenoxy) is 1. The van der Waals surface area contributed by atoms with Crippen molar-refractivity contribution in [3.8, 4) is 6.07 Å². The maximum atomic E-state index is 12.7.